The van der Waals surface area contributed by atoms with E-state index in [1.54, 1.807) is 6.20 Å². The normalized spacial score (nSPS) is 11.3. The fraction of sp³-hybridized carbons (Fsp3) is 0.231. The van der Waals surface area contributed by atoms with Crippen molar-refractivity contribution >= 4 is 5.91 Å². The molecule has 1 heterocycles. The van der Waals surface area contributed by atoms with Crippen molar-refractivity contribution in [3.8, 4) is 0 Å². The van der Waals surface area contributed by atoms with Gasteiger partial charge in [0.05, 0.1) is 11.9 Å². The van der Waals surface area contributed by atoms with Gasteiger partial charge >= 0.3 is 6.18 Å². The average Bonchev–Trinajstić information content (AvgIpc) is 2.91. The molecule has 0 atom stereocenters. The van der Waals surface area contributed by atoms with E-state index >= 15 is 0 Å². The number of carbonyl (C=O) groups excluding carboxylic acids is 1. The second kappa shape index (κ2) is 5.77. The van der Waals surface area contributed by atoms with Crippen LogP contribution in [0.5, 0.6) is 0 Å². The minimum Gasteiger partial charge on any atom is -0.352 e. The number of aromatic amines is 1. The number of imidazole rings is 1. The van der Waals surface area contributed by atoms with Crippen LogP contribution in [-0.2, 0) is 12.6 Å². The van der Waals surface area contributed by atoms with Gasteiger partial charge in [-0.2, -0.15) is 13.2 Å². The summed E-state index contributed by atoms with van der Waals surface area (Å²) < 4.78 is 37.6. The number of alkyl halides is 3. The van der Waals surface area contributed by atoms with E-state index in [9.17, 15) is 18.0 Å². The Morgan fingerprint density at radius 2 is 2.15 bits per heavy atom. The molecule has 0 bridgehead atoms. The molecule has 2 aromatic rings. The second-order valence-electron chi connectivity index (χ2n) is 4.16. The van der Waals surface area contributed by atoms with Crippen LogP contribution >= 0.6 is 0 Å². The van der Waals surface area contributed by atoms with Gasteiger partial charge in [-0.1, -0.05) is 6.07 Å². The number of halogens is 3. The summed E-state index contributed by atoms with van der Waals surface area (Å²) >= 11 is 0. The van der Waals surface area contributed by atoms with Gasteiger partial charge in [-0.3, -0.25) is 4.79 Å². The van der Waals surface area contributed by atoms with Crippen molar-refractivity contribution in [3.63, 3.8) is 0 Å². The van der Waals surface area contributed by atoms with Gasteiger partial charge in [0.2, 0.25) is 0 Å². The van der Waals surface area contributed by atoms with E-state index in [2.05, 4.69) is 15.3 Å². The molecule has 0 aliphatic heterocycles. The maximum atomic E-state index is 12.5. The van der Waals surface area contributed by atoms with Crippen LogP contribution in [0.1, 0.15) is 21.6 Å². The van der Waals surface area contributed by atoms with Crippen LogP contribution in [0.15, 0.2) is 36.8 Å². The molecule has 0 radical (unpaired) electrons. The Kier molecular flexibility index (Phi) is 4.07. The fourth-order valence-electron chi connectivity index (χ4n) is 1.67. The minimum absolute atomic E-state index is 0.00978. The molecule has 4 nitrogen and oxygen atoms in total. The number of hydrogen-bond donors (Lipinski definition) is 2. The lowest BCUT2D eigenvalue weighted by molar-refractivity contribution is -0.137. The number of nitrogens with one attached hydrogen (secondary N) is 2. The van der Waals surface area contributed by atoms with Gasteiger partial charge in [0, 0.05) is 30.4 Å². The monoisotopic (exact) mass is 283 g/mol. The van der Waals surface area contributed by atoms with E-state index in [1.807, 2.05) is 0 Å². The summed E-state index contributed by atoms with van der Waals surface area (Å²) in [5.74, 6) is -0.532. The molecule has 0 saturated carbocycles. The Labute approximate surface area is 113 Å². The van der Waals surface area contributed by atoms with E-state index < -0.39 is 17.6 Å². The number of hydrogen-bond acceptors (Lipinski definition) is 2. The van der Waals surface area contributed by atoms with Crippen molar-refractivity contribution in [2.24, 2.45) is 0 Å². The molecule has 0 saturated heterocycles. The van der Waals surface area contributed by atoms with Crippen LogP contribution in [0, 0.1) is 0 Å². The molecule has 1 amide bonds. The van der Waals surface area contributed by atoms with Gasteiger partial charge in [-0.15, -0.1) is 0 Å². The third kappa shape index (κ3) is 3.59. The first-order valence-corrected chi connectivity index (χ1v) is 5.89. The smallest absolute Gasteiger partial charge is 0.352 e. The van der Waals surface area contributed by atoms with Crippen LogP contribution < -0.4 is 5.32 Å². The van der Waals surface area contributed by atoms with Crippen LogP contribution in [0.25, 0.3) is 0 Å². The summed E-state index contributed by atoms with van der Waals surface area (Å²) in [5.41, 5.74) is -0.00232. The highest BCUT2D eigenvalue weighted by atomic mass is 19.4. The predicted molar refractivity (Wildman–Crippen MR) is 66.1 cm³/mol. The van der Waals surface area contributed by atoms with E-state index in [4.69, 9.17) is 0 Å². The summed E-state index contributed by atoms with van der Waals surface area (Å²) in [7, 11) is 0. The molecule has 20 heavy (non-hydrogen) atoms. The molecule has 0 unspecified atom stereocenters. The maximum absolute atomic E-state index is 12.5. The molecule has 0 aliphatic rings. The van der Waals surface area contributed by atoms with Gasteiger partial charge < -0.3 is 10.3 Å². The van der Waals surface area contributed by atoms with Crippen LogP contribution in [0.2, 0.25) is 0 Å². The third-order valence-electron chi connectivity index (χ3n) is 2.69. The largest absolute Gasteiger partial charge is 0.416 e. The number of H-pyrrole nitrogens is 1. The molecule has 7 heteroatoms. The average molecular weight is 283 g/mol. The van der Waals surface area contributed by atoms with Crippen LogP contribution in [0.4, 0.5) is 13.2 Å². The van der Waals surface area contributed by atoms with Crippen molar-refractivity contribution in [2.75, 3.05) is 6.54 Å². The summed E-state index contributed by atoms with van der Waals surface area (Å²) in [6.07, 6.45) is -0.780. The van der Waals surface area contributed by atoms with E-state index in [0.717, 1.165) is 17.8 Å². The molecule has 2 rings (SSSR count). The van der Waals surface area contributed by atoms with E-state index in [0.29, 0.717) is 13.0 Å². The Bertz CT molecular complexity index is 579. The molecule has 1 aromatic carbocycles. The lowest BCUT2D eigenvalue weighted by atomic mass is 10.1. The lowest BCUT2D eigenvalue weighted by Crippen LogP contribution is -2.26. The summed E-state index contributed by atoms with van der Waals surface area (Å²) in [6.45, 7) is 0.317. The van der Waals surface area contributed by atoms with Gasteiger partial charge in [-0.05, 0) is 18.2 Å². The molecule has 0 spiro atoms. The highest BCUT2D eigenvalue weighted by molar-refractivity contribution is 5.94. The van der Waals surface area contributed by atoms with Crippen molar-refractivity contribution < 1.29 is 18.0 Å². The number of aromatic nitrogens is 2. The van der Waals surface area contributed by atoms with Gasteiger partial charge in [-0.25, -0.2) is 4.98 Å². The Hall–Kier alpha value is -2.31. The first kappa shape index (κ1) is 14.1. The molecule has 106 valence electrons. The van der Waals surface area contributed by atoms with Crippen molar-refractivity contribution in [1.82, 2.24) is 15.3 Å². The zero-order valence-electron chi connectivity index (χ0n) is 10.4. The van der Waals surface area contributed by atoms with E-state index in [1.165, 1.54) is 18.5 Å². The number of carbonyl (C=O) groups is 1. The standard InChI is InChI=1S/C13H12F3N3O/c14-13(15,16)10-3-1-2-9(6-10)12(20)18-5-4-11-7-17-8-19-11/h1-3,6-8H,4-5H2,(H,17,19)(H,18,20). The number of nitrogens with zero attached hydrogens (tertiary/aromatic N) is 1. The molecule has 2 N–H and O–H groups in total. The SMILES string of the molecule is O=C(NCCc1cnc[nH]1)c1cccc(C(F)(F)F)c1. The first-order chi connectivity index (χ1) is 9.47. The van der Waals surface area contributed by atoms with Crippen LogP contribution in [0.3, 0.4) is 0 Å². The van der Waals surface area contributed by atoms with Crippen molar-refractivity contribution in [3.05, 3.63) is 53.6 Å². The highest BCUT2D eigenvalue weighted by Gasteiger charge is 2.30. The Morgan fingerprint density at radius 3 is 2.80 bits per heavy atom. The third-order valence-corrected chi connectivity index (χ3v) is 2.69. The molecular weight excluding hydrogens is 271 g/mol. The predicted octanol–water partition coefficient (Wildman–Crippen LogP) is 2.40. The summed E-state index contributed by atoms with van der Waals surface area (Å²) in [5, 5.41) is 2.56. The second-order valence-corrected chi connectivity index (χ2v) is 4.16. The number of rotatable bonds is 4. The maximum Gasteiger partial charge on any atom is 0.416 e. The Balaban J connectivity index is 1.95. The quantitative estimate of drug-likeness (QED) is 0.905. The molecular formula is C13H12F3N3O. The number of benzene rings is 1. The minimum atomic E-state index is -4.45. The topological polar surface area (TPSA) is 57.8 Å². The van der Waals surface area contributed by atoms with E-state index in [-0.39, 0.29) is 5.56 Å². The van der Waals surface area contributed by atoms with Crippen molar-refractivity contribution in [1.29, 1.82) is 0 Å². The highest BCUT2D eigenvalue weighted by Crippen LogP contribution is 2.29. The summed E-state index contributed by atoms with van der Waals surface area (Å²) in [4.78, 5) is 18.4. The Morgan fingerprint density at radius 1 is 1.35 bits per heavy atom. The molecule has 1 aromatic heterocycles. The molecule has 0 fully saturated rings. The lowest BCUT2D eigenvalue weighted by Gasteiger charge is -2.09. The zero-order valence-corrected chi connectivity index (χ0v) is 10.4. The first-order valence-electron chi connectivity index (χ1n) is 5.89. The summed E-state index contributed by atoms with van der Waals surface area (Å²) in [6, 6.07) is 4.33. The van der Waals surface area contributed by atoms with Crippen molar-refractivity contribution in [2.45, 2.75) is 12.6 Å². The molecule has 0 aliphatic carbocycles. The van der Waals surface area contributed by atoms with Crippen LogP contribution in [-0.4, -0.2) is 22.4 Å². The number of amides is 1. The van der Waals surface area contributed by atoms with Gasteiger partial charge in [0.25, 0.3) is 5.91 Å². The van der Waals surface area contributed by atoms with Gasteiger partial charge in [0.1, 0.15) is 0 Å². The van der Waals surface area contributed by atoms with Gasteiger partial charge in [0.15, 0.2) is 0 Å². The zero-order chi connectivity index (χ0) is 14.6. The fourth-order valence-corrected chi connectivity index (χ4v) is 1.67.